The summed E-state index contributed by atoms with van der Waals surface area (Å²) >= 11 is 8.87. The maximum Gasteiger partial charge on any atom is 0.125 e. The molecule has 2 rings (SSSR count). The van der Waals surface area contributed by atoms with Crippen molar-refractivity contribution in [3.05, 3.63) is 47.1 Å². The topological polar surface area (TPSA) is 62.8 Å². The SMILES string of the molecule is CSc1cccc(Sc2ccc(Cl)cn2)c1C(=N)N. The highest BCUT2D eigenvalue weighted by molar-refractivity contribution is 8.00. The number of thioether (sulfide) groups is 1. The van der Waals surface area contributed by atoms with E-state index < -0.39 is 0 Å². The molecule has 0 saturated carbocycles. The van der Waals surface area contributed by atoms with Crippen LogP contribution in [0.15, 0.2) is 51.3 Å². The van der Waals surface area contributed by atoms with E-state index in [1.54, 1.807) is 24.0 Å². The Morgan fingerprint density at radius 2 is 2.00 bits per heavy atom. The Labute approximate surface area is 125 Å². The van der Waals surface area contributed by atoms with E-state index in [0.717, 1.165) is 20.4 Å². The van der Waals surface area contributed by atoms with Crippen molar-refractivity contribution in [2.24, 2.45) is 5.73 Å². The van der Waals surface area contributed by atoms with Crippen LogP contribution in [-0.4, -0.2) is 17.1 Å². The van der Waals surface area contributed by atoms with Gasteiger partial charge >= 0.3 is 0 Å². The van der Waals surface area contributed by atoms with Gasteiger partial charge in [0.2, 0.25) is 0 Å². The van der Waals surface area contributed by atoms with Crippen LogP contribution in [0.2, 0.25) is 5.02 Å². The molecule has 0 fully saturated rings. The first-order chi connectivity index (χ1) is 9.11. The number of hydrogen-bond donors (Lipinski definition) is 2. The average Bonchev–Trinajstić information content (AvgIpc) is 2.40. The average molecular weight is 310 g/mol. The van der Waals surface area contributed by atoms with Crippen molar-refractivity contribution in [2.75, 3.05) is 6.26 Å². The number of nitrogens with two attached hydrogens (primary N) is 1. The Morgan fingerprint density at radius 1 is 1.26 bits per heavy atom. The quantitative estimate of drug-likeness (QED) is 0.511. The number of nitrogen functional groups attached to an aromatic ring is 1. The zero-order valence-electron chi connectivity index (χ0n) is 10.2. The molecule has 0 amide bonds. The molecular formula is C13H12ClN3S2. The minimum atomic E-state index is 0.0708. The first-order valence-corrected chi connectivity index (χ1v) is 7.84. The molecule has 0 saturated heterocycles. The second kappa shape index (κ2) is 6.32. The van der Waals surface area contributed by atoms with Crippen LogP contribution in [0.4, 0.5) is 0 Å². The summed E-state index contributed by atoms with van der Waals surface area (Å²) in [6, 6.07) is 9.50. The zero-order valence-corrected chi connectivity index (χ0v) is 12.6. The highest BCUT2D eigenvalue weighted by Crippen LogP contribution is 2.33. The van der Waals surface area contributed by atoms with Crippen LogP contribution in [0.1, 0.15) is 5.56 Å². The van der Waals surface area contributed by atoms with E-state index in [-0.39, 0.29) is 5.84 Å². The molecule has 0 aliphatic carbocycles. The summed E-state index contributed by atoms with van der Waals surface area (Å²) in [5.74, 6) is 0.0708. The van der Waals surface area contributed by atoms with E-state index in [1.165, 1.54) is 11.8 Å². The van der Waals surface area contributed by atoms with E-state index in [2.05, 4.69) is 4.98 Å². The lowest BCUT2D eigenvalue weighted by Crippen LogP contribution is -2.13. The first kappa shape index (κ1) is 14.2. The molecule has 1 aromatic carbocycles. The van der Waals surface area contributed by atoms with Gasteiger partial charge in [0.1, 0.15) is 10.9 Å². The van der Waals surface area contributed by atoms with Crippen molar-refractivity contribution in [3.8, 4) is 0 Å². The van der Waals surface area contributed by atoms with Gasteiger partial charge in [-0.25, -0.2) is 4.98 Å². The molecule has 98 valence electrons. The van der Waals surface area contributed by atoms with Crippen LogP contribution in [-0.2, 0) is 0 Å². The molecule has 2 aromatic rings. The van der Waals surface area contributed by atoms with Gasteiger partial charge in [-0.3, -0.25) is 5.41 Å². The number of pyridine rings is 1. The van der Waals surface area contributed by atoms with Gasteiger partial charge in [0.15, 0.2) is 0 Å². The number of nitrogens with one attached hydrogen (secondary N) is 1. The third kappa shape index (κ3) is 3.43. The minimum Gasteiger partial charge on any atom is -0.384 e. The molecular weight excluding hydrogens is 298 g/mol. The van der Waals surface area contributed by atoms with Gasteiger partial charge in [-0.1, -0.05) is 29.4 Å². The van der Waals surface area contributed by atoms with Crippen molar-refractivity contribution in [1.82, 2.24) is 4.98 Å². The van der Waals surface area contributed by atoms with Crippen LogP contribution in [0.3, 0.4) is 0 Å². The Morgan fingerprint density at radius 3 is 2.58 bits per heavy atom. The van der Waals surface area contributed by atoms with Crippen LogP contribution in [0, 0.1) is 5.41 Å². The lowest BCUT2D eigenvalue weighted by molar-refractivity contribution is 1.13. The number of hydrogen-bond acceptors (Lipinski definition) is 4. The molecule has 1 aromatic heterocycles. The monoisotopic (exact) mass is 309 g/mol. The molecule has 19 heavy (non-hydrogen) atoms. The smallest absolute Gasteiger partial charge is 0.125 e. The normalized spacial score (nSPS) is 10.4. The molecule has 3 nitrogen and oxygen atoms in total. The van der Waals surface area contributed by atoms with Gasteiger partial charge in [-0.15, -0.1) is 11.8 Å². The van der Waals surface area contributed by atoms with Gasteiger partial charge in [0, 0.05) is 21.6 Å². The van der Waals surface area contributed by atoms with Gasteiger partial charge in [0.25, 0.3) is 0 Å². The Kier molecular flexibility index (Phi) is 4.74. The van der Waals surface area contributed by atoms with E-state index in [4.69, 9.17) is 22.7 Å². The van der Waals surface area contributed by atoms with E-state index >= 15 is 0 Å². The molecule has 3 N–H and O–H groups in total. The summed E-state index contributed by atoms with van der Waals surface area (Å²) in [7, 11) is 0. The van der Waals surface area contributed by atoms with Crippen LogP contribution in [0.25, 0.3) is 0 Å². The predicted octanol–water partition coefficient (Wildman–Crippen LogP) is 3.89. The Bertz CT molecular complexity index is 599. The number of aromatic nitrogens is 1. The molecule has 0 spiro atoms. The van der Waals surface area contributed by atoms with Crippen LogP contribution >= 0.6 is 35.1 Å². The third-order valence-electron chi connectivity index (χ3n) is 2.39. The second-order valence-corrected chi connectivity index (χ2v) is 6.01. The van der Waals surface area contributed by atoms with Crippen molar-refractivity contribution >= 4 is 41.0 Å². The first-order valence-electron chi connectivity index (χ1n) is 5.42. The van der Waals surface area contributed by atoms with Crippen molar-refractivity contribution in [3.63, 3.8) is 0 Å². The lowest BCUT2D eigenvalue weighted by atomic mass is 10.2. The summed E-state index contributed by atoms with van der Waals surface area (Å²) in [4.78, 5) is 6.16. The molecule has 0 aliphatic rings. The summed E-state index contributed by atoms with van der Waals surface area (Å²) in [5, 5.41) is 9.16. The number of benzene rings is 1. The molecule has 1 heterocycles. The Balaban J connectivity index is 2.39. The van der Waals surface area contributed by atoms with Gasteiger partial charge < -0.3 is 5.73 Å². The highest BCUT2D eigenvalue weighted by atomic mass is 35.5. The maximum absolute atomic E-state index is 7.73. The van der Waals surface area contributed by atoms with E-state index in [0.29, 0.717) is 5.02 Å². The van der Waals surface area contributed by atoms with Crippen LogP contribution < -0.4 is 5.73 Å². The standard InChI is InChI=1S/C13H12ClN3S2/c1-18-9-3-2-4-10(12(9)13(15)16)19-11-6-5-8(14)7-17-11/h2-7H,1H3,(H3,15,16). The molecule has 6 heteroatoms. The van der Waals surface area contributed by atoms with Gasteiger partial charge in [-0.2, -0.15) is 0 Å². The van der Waals surface area contributed by atoms with Crippen molar-refractivity contribution in [2.45, 2.75) is 14.8 Å². The fourth-order valence-electron chi connectivity index (χ4n) is 1.57. The highest BCUT2D eigenvalue weighted by Gasteiger charge is 2.12. The second-order valence-electron chi connectivity index (χ2n) is 3.66. The fourth-order valence-corrected chi connectivity index (χ4v) is 3.32. The fraction of sp³-hybridized carbons (Fsp3) is 0.0769. The largest absolute Gasteiger partial charge is 0.384 e. The van der Waals surface area contributed by atoms with E-state index in [9.17, 15) is 0 Å². The molecule has 0 bridgehead atoms. The Hall–Kier alpha value is -1.17. The van der Waals surface area contributed by atoms with Crippen LogP contribution in [0.5, 0.6) is 0 Å². The molecule has 0 aliphatic heterocycles. The molecule has 0 unspecified atom stereocenters. The lowest BCUT2D eigenvalue weighted by Gasteiger charge is -2.11. The number of rotatable bonds is 4. The number of amidine groups is 1. The summed E-state index contributed by atoms with van der Waals surface area (Å²) < 4.78 is 0. The summed E-state index contributed by atoms with van der Waals surface area (Å²) in [6.07, 6.45) is 3.58. The predicted molar refractivity (Wildman–Crippen MR) is 82.6 cm³/mol. The number of nitrogens with zero attached hydrogens (tertiary/aromatic N) is 1. The number of halogens is 1. The summed E-state index contributed by atoms with van der Waals surface area (Å²) in [6.45, 7) is 0. The maximum atomic E-state index is 7.73. The molecule has 0 radical (unpaired) electrons. The van der Waals surface area contributed by atoms with Crippen molar-refractivity contribution < 1.29 is 0 Å². The minimum absolute atomic E-state index is 0.0708. The van der Waals surface area contributed by atoms with E-state index in [1.807, 2.05) is 30.5 Å². The van der Waals surface area contributed by atoms with Gasteiger partial charge in [0.05, 0.1) is 5.02 Å². The molecule has 0 atom stereocenters. The summed E-state index contributed by atoms with van der Waals surface area (Å²) in [5.41, 5.74) is 6.44. The third-order valence-corrected chi connectivity index (χ3v) is 4.41. The van der Waals surface area contributed by atoms with Gasteiger partial charge in [-0.05, 0) is 30.5 Å². The zero-order chi connectivity index (χ0) is 13.8. The van der Waals surface area contributed by atoms with Crippen molar-refractivity contribution in [1.29, 1.82) is 5.41 Å².